The van der Waals surface area contributed by atoms with Gasteiger partial charge in [0.15, 0.2) is 5.78 Å². The van der Waals surface area contributed by atoms with Crippen molar-refractivity contribution in [1.29, 1.82) is 0 Å². The lowest BCUT2D eigenvalue weighted by molar-refractivity contribution is -0.145. The molecule has 5 nitrogen and oxygen atoms in total. The van der Waals surface area contributed by atoms with Crippen LogP contribution in [0.5, 0.6) is 0 Å². The first-order chi connectivity index (χ1) is 9.17. The van der Waals surface area contributed by atoms with Crippen molar-refractivity contribution in [3.63, 3.8) is 0 Å². The smallest absolute Gasteiger partial charge is 0.313 e. The van der Waals surface area contributed by atoms with Crippen LogP contribution >= 0.6 is 0 Å². The summed E-state index contributed by atoms with van der Waals surface area (Å²) in [5.41, 5.74) is 0. The van der Waals surface area contributed by atoms with Crippen molar-refractivity contribution in [2.24, 2.45) is 5.92 Å². The number of esters is 1. The molecule has 0 aromatic rings. The molecule has 108 valence electrons. The fourth-order valence-electron chi connectivity index (χ4n) is 2.47. The summed E-state index contributed by atoms with van der Waals surface area (Å²) in [6, 6.07) is 0. The zero-order valence-electron chi connectivity index (χ0n) is 11.8. The number of ether oxygens (including phenoxy) is 1. The van der Waals surface area contributed by atoms with Crippen LogP contribution in [0.15, 0.2) is 0 Å². The molecule has 1 heterocycles. The van der Waals surface area contributed by atoms with E-state index in [0.717, 1.165) is 32.1 Å². The Morgan fingerprint density at radius 3 is 2.32 bits per heavy atom. The van der Waals surface area contributed by atoms with Crippen molar-refractivity contribution in [1.82, 2.24) is 9.80 Å². The summed E-state index contributed by atoms with van der Waals surface area (Å²) in [4.78, 5) is 27.5. The Balaban J connectivity index is 1.61. The average molecular weight is 268 g/mol. The molecule has 2 rings (SSSR count). The molecular weight excluding hydrogens is 244 g/mol. The molecule has 0 atom stereocenters. The van der Waals surface area contributed by atoms with Gasteiger partial charge < -0.3 is 9.64 Å². The molecule has 0 amide bonds. The quantitative estimate of drug-likeness (QED) is 0.498. The summed E-state index contributed by atoms with van der Waals surface area (Å²) in [5, 5.41) is 0. The average Bonchev–Trinajstić information content (AvgIpc) is 3.15. The zero-order valence-corrected chi connectivity index (χ0v) is 11.8. The molecule has 0 N–H and O–H groups in total. The molecule has 1 saturated carbocycles. The van der Waals surface area contributed by atoms with Gasteiger partial charge in [-0.3, -0.25) is 14.5 Å². The first-order valence-electron chi connectivity index (χ1n) is 7.29. The standard InChI is InChI=1S/C14H24N2O3/c1-2-19-14(18)9-13(17)11-16-7-5-15(6-8-16)10-12-3-4-12/h12H,2-11H2,1H3. The maximum Gasteiger partial charge on any atom is 0.313 e. The highest BCUT2D eigenvalue weighted by Crippen LogP contribution is 2.29. The normalized spacial score (nSPS) is 21.3. The molecule has 0 spiro atoms. The van der Waals surface area contributed by atoms with Gasteiger partial charge in [-0.25, -0.2) is 0 Å². The number of carbonyl (C=O) groups is 2. The van der Waals surface area contributed by atoms with Gasteiger partial charge in [-0.1, -0.05) is 0 Å². The maximum absolute atomic E-state index is 11.7. The third kappa shape index (κ3) is 5.28. The largest absolute Gasteiger partial charge is 0.466 e. The van der Waals surface area contributed by atoms with Crippen molar-refractivity contribution >= 4 is 11.8 Å². The van der Waals surface area contributed by atoms with Crippen molar-refractivity contribution < 1.29 is 14.3 Å². The number of Topliss-reactive ketones (excluding diaryl/α,β-unsaturated/α-hetero) is 1. The number of ketones is 1. The lowest BCUT2D eigenvalue weighted by Crippen LogP contribution is -2.48. The topological polar surface area (TPSA) is 49.9 Å². The van der Waals surface area contributed by atoms with E-state index in [4.69, 9.17) is 4.74 Å². The number of rotatable bonds is 7. The predicted molar refractivity (Wildman–Crippen MR) is 71.9 cm³/mol. The summed E-state index contributed by atoms with van der Waals surface area (Å²) < 4.78 is 4.78. The van der Waals surface area contributed by atoms with Gasteiger partial charge in [0.25, 0.3) is 0 Å². The van der Waals surface area contributed by atoms with Gasteiger partial charge in [0.1, 0.15) is 6.42 Å². The molecule has 0 bridgehead atoms. The minimum Gasteiger partial charge on any atom is -0.466 e. The molecule has 2 aliphatic rings. The molecule has 2 fully saturated rings. The number of carbonyl (C=O) groups excluding carboxylic acids is 2. The Bertz CT molecular complexity index is 321. The van der Waals surface area contributed by atoms with Crippen molar-refractivity contribution in [3.8, 4) is 0 Å². The Morgan fingerprint density at radius 2 is 1.74 bits per heavy atom. The second kappa shape index (κ2) is 7.01. The molecule has 5 heteroatoms. The zero-order chi connectivity index (χ0) is 13.7. The maximum atomic E-state index is 11.7. The Kier molecular flexibility index (Phi) is 5.34. The molecule has 0 radical (unpaired) electrons. The summed E-state index contributed by atoms with van der Waals surface area (Å²) in [6.45, 7) is 7.66. The minimum absolute atomic E-state index is 0.0332. The van der Waals surface area contributed by atoms with E-state index >= 15 is 0 Å². The van der Waals surface area contributed by atoms with E-state index in [9.17, 15) is 9.59 Å². The van der Waals surface area contributed by atoms with Crippen LogP contribution in [0.2, 0.25) is 0 Å². The summed E-state index contributed by atoms with van der Waals surface area (Å²) in [7, 11) is 0. The second-order valence-electron chi connectivity index (χ2n) is 5.54. The molecule has 1 aliphatic carbocycles. The van der Waals surface area contributed by atoms with Gasteiger partial charge in [-0.2, -0.15) is 0 Å². The summed E-state index contributed by atoms with van der Waals surface area (Å²) in [6.07, 6.45) is 2.69. The number of hydrogen-bond donors (Lipinski definition) is 0. The van der Waals surface area contributed by atoms with Crippen molar-refractivity contribution in [3.05, 3.63) is 0 Å². The monoisotopic (exact) mass is 268 g/mol. The van der Waals surface area contributed by atoms with E-state index in [-0.39, 0.29) is 12.2 Å². The molecule has 1 saturated heterocycles. The van der Waals surface area contributed by atoms with Crippen LogP contribution in [-0.4, -0.2) is 67.4 Å². The van der Waals surface area contributed by atoms with Gasteiger partial charge in [-0.05, 0) is 25.7 Å². The van der Waals surface area contributed by atoms with Crippen molar-refractivity contribution in [2.45, 2.75) is 26.2 Å². The van der Waals surface area contributed by atoms with Crippen LogP contribution in [0.1, 0.15) is 26.2 Å². The van der Waals surface area contributed by atoms with Crippen LogP contribution in [0.25, 0.3) is 0 Å². The highest BCUT2D eigenvalue weighted by Gasteiger charge is 2.26. The fraction of sp³-hybridized carbons (Fsp3) is 0.857. The van der Waals surface area contributed by atoms with Crippen LogP contribution in [0.4, 0.5) is 0 Å². The summed E-state index contributed by atoms with van der Waals surface area (Å²) >= 11 is 0. The van der Waals surface area contributed by atoms with Crippen LogP contribution < -0.4 is 0 Å². The fourth-order valence-corrected chi connectivity index (χ4v) is 2.47. The van der Waals surface area contributed by atoms with Crippen molar-refractivity contribution in [2.75, 3.05) is 45.9 Å². The first-order valence-corrected chi connectivity index (χ1v) is 7.29. The lowest BCUT2D eigenvalue weighted by atomic mass is 10.2. The van der Waals surface area contributed by atoms with Gasteiger partial charge >= 0.3 is 5.97 Å². The predicted octanol–water partition coefficient (Wildman–Crippen LogP) is 0.536. The van der Waals surface area contributed by atoms with Gasteiger partial charge in [0.2, 0.25) is 0 Å². The minimum atomic E-state index is -0.403. The van der Waals surface area contributed by atoms with E-state index < -0.39 is 5.97 Å². The van der Waals surface area contributed by atoms with Crippen LogP contribution in [-0.2, 0) is 14.3 Å². The first kappa shape index (κ1) is 14.5. The van der Waals surface area contributed by atoms with Crippen LogP contribution in [0.3, 0.4) is 0 Å². The lowest BCUT2D eigenvalue weighted by Gasteiger charge is -2.34. The molecule has 1 aliphatic heterocycles. The highest BCUT2D eigenvalue weighted by molar-refractivity contribution is 5.96. The number of nitrogens with zero attached hydrogens (tertiary/aromatic N) is 2. The van der Waals surface area contributed by atoms with E-state index in [1.807, 2.05) is 0 Å². The van der Waals surface area contributed by atoms with E-state index in [1.165, 1.54) is 19.4 Å². The second-order valence-corrected chi connectivity index (χ2v) is 5.54. The van der Waals surface area contributed by atoms with Gasteiger partial charge in [0.05, 0.1) is 13.2 Å². The number of hydrogen-bond acceptors (Lipinski definition) is 5. The van der Waals surface area contributed by atoms with Crippen LogP contribution in [0, 0.1) is 5.92 Å². The molecule has 19 heavy (non-hydrogen) atoms. The third-order valence-electron chi connectivity index (χ3n) is 3.73. The molecule has 0 unspecified atom stereocenters. The van der Waals surface area contributed by atoms with Gasteiger partial charge in [-0.15, -0.1) is 0 Å². The molecular formula is C14H24N2O3. The highest BCUT2D eigenvalue weighted by atomic mass is 16.5. The van der Waals surface area contributed by atoms with E-state index in [2.05, 4.69) is 9.80 Å². The van der Waals surface area contributed by atoms with E-state index in [0.29, 0.717) is 13.2 Å². The van der Waals surface area contributed by atoms with E-state index in [1.54, 1.807) is 6.92 Å². The number of piperazine rings is 1. The third-order valence-corrected chi connectivity index (χ3v) is 3.73. The summed E-state index contributed by atoms with van der Waals surface area (Å²) in [5.74, 6) is 0.492. The van der Waals surface area contributed by atoms with Gasteiger partial charge in [0, 0.05) is 32.7 Å². The molecule has 0 aromatic heterocycles. The Hall–Kier alpha value is -0.940. The Morgan fingerprint density at radius 1 is 1.11 bits per heavy atom. The SMILES string of the molecule is CCOC(=O)CC(=O)CN1CCN(CC2CC2)CC1. The molecule has 0 aromatic carbocycles. The Labute approximate surface area is 114 Å².